The summed E-state index contributed by atoms with van der Waals surface area (Å²) >= 11 is 0. The number of carbonyl (C=O) groups excluding carboxylic acids is 2. The molecule has 1 fully saturated rings. The average molecular weight is 430 g/mol. The number of rotatable bonds is 7. The van der Waals surface area contributed by atoms with Crippen molar-refractivity contribution in [1.29, 1.82) is 5.41 Å². The lowest BCUT2D eigenvalue weighted by atomic mass is 10.1. The maximum atomic E-state index is 12.7. The van der Waals surface area contributed by atoms with Gasteiger partial charge in [0.2, 0.25) is 0 Å². The van der Waals surface area contributed by atoms with E-state index in [4.69, 9.17) is 20.6 Å². The topological polar surface area (TPSA) is 118 Å². The van der Waals surface area contributed by atoms with Crippen molar-refractivity contribution in [3.8, 4) is 5.75 Å². The minimum absolute atomic E-state index is 0.0790. The zero-order valence-corrected chi connectivity index (χ0v) is 17.2. The summed E-state index contributed by atoms with van der Waals surface area (Å²) in [5, 5.41) is 10.4. The third-order valence-electron chi connectivity index (χ3n) is 4.93. The Labute approximate surface area is 185 Å². The molecular weight excluding hydrogens is 408 g/mol. The van der Waals surface area contributed by atoms with Crippen LogP contribution in [-0.2, 0) is 4.74 Å². The summed E-state index contributed by atoms with van der Waals surface area (Å²) in [5.74, 6) is 0.0246. The monoisotopic (exact) mass is 430 g/mol. The van der Waals surface area contributed by atoms with Crippen molar-refractivity contribution in [2.45, 2.75) is 6.10 Å². The van der Waals surface area contributed by atoms with Gasteiger partial charge in [-0.3, -0.25) is 15.1 Å². The Bertz CT molecular complexity index is 1150. The van der Waals surface area contributed by atoms with Gasteiger partial charge in [0.25, 0.3) is 5.91 Å². The number of cyclic esters (lactones) is 1. The van der Waals surface area contributed by atoms with Gasteiger partial charge in [0.15, 0.2) is 6.10 Å². The molecule has 8 heteroatoms. The molecule has 1 unspecified atom stereocenters. The molecule has 0 bridgehead atoms. The second-order valence-electron chi connectivity index (χ2n) is 7.21. The maximum absolute atomic E-state index is 12.7. The minimum atomic E-state index is -0.520. The van der Waals surface area contributed by atoms with Crippen LogP contribution in [0.15, 0.2) is 78.9 Å². The number of amides is 2. The van der Waals surface area contributed by atoms with Crippen LogP contribution in [0.25, 0.3) is 0 Å². The highest BCUT2D eigenvalue weighted by molar-refractivity contribution is 6.06. The third kappa shape index (κ3) is 4.70. The van der Waals surface area contributed by atoms with E-state index in [2.05, 4.69) is 5.32 Å². The van der Waals surface area contributed by atoms with Gasteiger partial charge >= 0.3 is 6.09 Å². The summed E-state index contributed by atoms with van der Waals surface area (Å²) in [4.78, 5) is 26.5. The first-order valence-corrected chi connectivity index (χ1v) is 10.0. The molecule has 162 valence electrons. The van der Waals surface area contributed by atoms with Crippen LogP contribution in [0.4, 0.5) is 16.2 Å². The summed E-state index contributed by atoms with van der Waals surface area (Å²) in [6.07, 6.45) is -1.02. The van der Waals surface area contributed by atoms with Crippen LogP contribution in [0.1, 0.15) is 15.9 Å². The highest BCUT2D eigenvalue weighted by Crippen LogP contribution is 2.25. The van der Waals surface area contributed by atoms with Crippen LogP contribution in [0, 0.1) is 5.41 Å². The van der Waals surface area contributed by atoms with E-state index in [1.165, 1.54) is 4.90 Å². The number of benzene rings is 3. The maximum Gasteiger partial charge on any atom is 0.414 e. The fraction of sp³-hybridized carbons (Fsp3) is 0.125. The first-order valence-electron chi connectivity index (χ1n) is 10.0. The van der Waals surface area contributed by atoms with Crippen LogP contribution in [0.5, 0.6) is 5.75 Å². The van der Waals surface area contributed by atoms with E-state index in [1.807, 2.05) is 18.2 Å². The number of nitrogens with zero attached hydrogens (tertiary/aromatic N) is 1. The van der Waals surface area contributed by atoms with Crippen molar-refractivity contribution in [3.05, 3.63) is 90.0 Å². The van der Waals surface area contributed by atoms with Gasteiger partial charge in [0, 0.05) is 16.9 Å². The number of para-hydroxylation sites is 2. The van der Waals surface area contributed by atoms with Gasteiger partial charge in [0.1, 0.15) is 18.2 Å². The lowest BCUT2D eigenvalue weighted by Gasteiger charge is -2.15. The number of amidine groups is 1. The van der Waals surface area contributed by atoms with Gasteiger partial charge in [-0.05, 0) is 36.4 Å². The SMILES string of the molecule is N=C(N)c1cccc(N2CC(COc3ccccc3C(=O)Nc3ccccc3)OC2=O)c1. The molecule has 1 saturated heterocycles. The van der Waals surface area contributed by atoms with Crippen molar-refractivity contribution in [2.75, 3.05) is 23.4 Å². The molecular formula is C24H22N4O4. The fourth-order valence-electron chi connectivity index (χ4n) is 3.34. The van der Waals surface area contributed by atoms with Crippen molar-refractivity contribution in [3.63, 3.8) is 0 Å². The van der Waals surface area contributed by atoms with Crippen molar-refractivity contribution < 1.29 is 19.1 Å². The molecule has 8 nitrogen and oxygen atoms in total. The Balaban J connectivity index is 1.41. The van der Waals surface area contributed by atoms with Gasteiger partial charge in [0.05, 0.1) is 12.1 Å². The molecule has 0 aliphatic carbocycles. The molecule has 0 spiro atoms. The molecule has 1 aliphatic rings. The molecule has 4 N–H and O–H groups in total. The van der Waals surface area contributed by atoms with E-state index in [0.29, 0.717) is 28.3 Å². The number of nitrogens with two attached hydrogens (primary N) is 1. The van der Waals surface area contributed by atoms with Gasteiger partial charge in [-0.2, -0.15) is 0 Å². The molecule has 0 aromatic heterocycles. The minimum Gasteiger partial charge on any atom is -0.489 e. The smallest absolute Gasteiger partial charge is 0.414 e. The van der Waals surface area contributed by atoms with E-state index in [0.717, 1.165) is 0 Å². The van der Waals surface area contributed by atoms with Crippen molar-refractivity contribution in [2.24, 2.45) is 5.73 Å². The molecule has 1 atom stereocenters. The molecule has 0 radical (unpaired) electrons. The predicted octanol–water partition coefficient (Wildman–Crippen LogP) is 3.63. The molecule has 3 aromatic carbocycles. The highest BCUT2D eigenvalue weighted by atomic mass is 16.6. The van der Waals surface area contributed by atoms with Gasteiger partial charge in [-0.1, -0.05) is 42.5 Å². The molecule has 1 aliphatic heterocycles. The second kappa shape index (κ2) is 9.22. The molecule has 1 heterocycles. The first kappa shape index (κ1) is 20.9. The Morgan fingerprint density at radius 3 is 2.62 bits per heavy atom. The number of nitrogen functional groups attached to an aromatic ring is 1. The molecule has 0 saturated carbocycles. The summed E-state index contributed by atoms with van der Waals surface area (Å²) in [5.41, 5.74) is 7.71. The van der Waals surface area contributed by atoms with Crippen LogP contribution in [-0.4, -0.2) is 37.1 Å². The number of hydrogen-bond acceptors (Lipinski definition) is 5. The standard InChI is InChI=1S/C24H22N4O4/c25-22(26)16-7-6-10-18(13-16)28-14-19(32-24(28)30)15-31-21-12-5-4-11-20(21)23(29)27-17-8-2-1-3-9-17/h1-13,19H,14-15H2,(H3,25,26)(H,27,29). The van der Waals surface area contributed by atoms with E-state index in [9.17, 15) is 9.59 Å². The lowest BCUT2D eigenvalue weighted by Crippen LogP contribution is -2.27. The number of nitrogens with one attached hydrogen (secondary N) is 2. The number of anilines is 2. The summed E-state index contributed by atoms with van der Waals surface area (Å²) in [6.45, 7) is 0.364. The number of carbonyl (C=O) groups is 2. The second-order valence-corrected chi connectivity index (χ2v) is 7.21. The summed E-state index contributed by atoms with van der Waals surface area (Å²) in [6, 6.07) is 22.9. The number of hydrogen-bond donors (Lipinski definition) is 3. The molecule has 3 aromatic rings. The molecule has 2 amide bonds. The third-order valence-corrected chi connectivity index (χ3v) is 4.93. The lowest BCUT2D eigenvalue weighted by molar-refractivity contribution is 0.0981. The van der Waals surface area contributed by atoms with E-state index < -0.39 is 12.2 Å². The molecule has 4 rings (SSSR count). The van der Waals surface area contributed by atoms with Crippen LogP contribution < -0.4 is 20.7 Å². The highest BCUT2D eigenvalue weighted by Gasteiger charge is 2.33. The zero-order valence-electron chi connectivity index (χ0n) is 17.2. The van der Waals surface area contributed by atoms with Crippen molar-refractivity contribution in [1.82, 2.24) is 0 Å². The van der Waals surface area contributed by atoms with E-state index in [-0.39, 0.29) is 24.9 Å². The summed E-state index contributed by atoms with van der Waals surface area (Å²) in [7, 11) is 0. The average Bonchev–Trinajstić information content (AvgIpc) is 3.19. The van der Waals surface area contributed by atoms with Crippen molar-refractivity contribution >= 4 is 29.2 Å². The zero-order chi connectivity index (χ0) is 22.5. The summed E-state index contributed by atoms with van der Waals surface area (Å²) < 4.78 is 11.3. The Morgan fingerprint density at radius 2 is 1.84 bits per heavy atom. The van der Waals surface area contributed by atoms with Gasteiger partial charge in [-0.25, -0.2) is 4.79 Å². The predicted molar refractivity (Wildman–Crippen MR) is 121 cm³/mol. The van der Waals surface area contributed by atoms with Crippen LogP contribution >= 0.6 is 0 Å². The first-order chi connectivity index (χ1) is 15.5. The van der Waals surface area contributed by atoms with E-state index in [1.54, 1.807) is 60.7 Å². The quantitative estimate of drug-likeness (QED) is 0.391. The number of ether oxygens (including phenoxy) is 2. The van der Waals surface area contributed by atoms with Crippen LogP contribution in [0.2, 0.25) is 0 Å². The van der Waals surface area contributed by atoms with Gasteiger partial charge in [-0.15, -0.1) is 0 Å². The Morgan fingerprint density at radius 1 is 1.09 bits per heavy atom. The van der Waals surface area contributed by atoms with Gasteiger partial charge < -0.3 is 20.5 Å². The Hall–Kier alpha value is -4.33. The van der Waals surface area contributed by atoms with Crippen LogP contribution in [0.3, 0.4) is 0 Å². The molecule has 32 heavy (non-hydrogen) atoms. The normalized spacial score (nSPS) is 15.2. The largest absolute Gasteiger partial charge is 0.489 e. The fourth-order valence-corrected chi connectivity index (χ4v) is 3.34. The Kier molecular flexibility index (Phi) is 6.03. The van der Waals surface area contributed by atoms with E-state index >= 15 is 0 Å².